The average molecular weight is 421 g/mol. The highest BCUT2D eigenvalue weighted by molar-refractivity contribution is 6.32. The van der Waals surface area contributed by atoms with E-state index in [1.54, 1.807) is 6.07 Å². The summed E-state index contributed by atoms with van der Waals surface area (Å²) in [7, 11) is 0. The van der Waals surface area contributed by atoms with E-state index in [4.69, 9.17) is 11.6 Å². The van der Waals surface area contributed by atoms with Crippen molar-refractivity contribution in [2.75, 3.05) is 0 Å². The number of aromatic nitrogens is 1. The van der Waals surface area contributed by atoms with E-state index in [9.17, 15) is 18.4 Å². The number of fused-ring (bicyclic) bond motifs is 1. The van der Waals surface area contributed by atoms with Crippen LogP contribution in [0.15, 0.2) is 29.4 Å². The molecule has 0 saturated heterocycles. The predicted octanol–water partition coefficient (Wildman–Crippen LogP) is 6.05. The van der Waals surface area contributed by atoms with E-state index in [-0.39, 0.29) is 6.04 Å². The van der Waals surface area contributed by atoms with E-state index in [1.165, 1.54) is 23.4 Å². The van der Waals surface area contributed by atoms with Gasteiger partial charge < -0.3 is 9.47 Å². The quantitative estimate of drug-likeness (QED) is 0.606. The van der Waals surface area contributed by atoms with E-state index < -0.39 is 18.4 Å². The van der Waals surface area contributed by atoms with Crippen molar-refractivity contribution in [2.45, 2.75) is 57.5 Å². The molecule has 8 heteroatoms. The number of nitriles is 1. The molecule has 2 heterocycles. The molecule has 0 spiro atoms. The lowest BCUT2D eigenvalue weighted by atomic mass is 9.92. The number of aryl methyl sites for hydroxylation is 1. The highest BCUT2D eigenvalue weighted by Gasteiger charge is 2.44. The molecule has 29 heavy (non-hydrogen) atoms. The standard InChI is InChI=1S/C21H20ClF3N4/c1-12-9-18-15(10-17(12)22)16(11-26)19(29(18)14-5-3-6-14)20-27-7-4-8-28(20)13(2)21(23,24)25/h4,7-10,13-14,20H,3,5-6H2,1-2H3/t13-,20?/m0/s1. The number of alkyl halides is 3. The Morgan fingerprint density at radius 2 is 2.03 bits per heavy atom. The first-order valence-corrected chi connectivity index (χ1v) is 9.90. The van der Waals surface area contributed by atoms with Crippen LogP contribution in [0.1, 0.15) is 55.2 Å². The van der Waals surface area contributed by atoms with Crippen molar-refractivity contribution in [3.05, 3.63) is 46.3 Å². The molecule has 2 atom stereocenters. The van der Waals surface area contributed by atoms with Crippen molar-refractivity contribution in [1.82, 2.24) is 9.47 Å². The number of hydrogen-bond acceptors (Lipinski definition) is 3. The Bertz CT molecular complexity index is 1060. The third kappa shape index (κ3) is 3.20. The van der Waals surface area contributed by atoms with E-state index in [2.05, 4.69) is 11.1 Å². The van der Waals surface area contributed by atoms with Gasteiger partial charge in [0.15, 0.2) is 6.17 Å². The minimum absolute atomic E-state index is 0.138. The van der Waals surface area contributed by atoms with Crippen LogP contribution >= 0.6 is 11.6 Å². The second-order valence-electron chi connectivity index (χ2n) is 7.62. The van der Waals surface area contributed by atoms with Crippen LogP contribution in [-0.4, -0.2) is 27.9 Å². The van der Waals surface area contributed by atoms with Gasteiger partial charge in [0.05, 0.1) is 16.8 Å². The number of hydrogen-bond donors (Lipinski definition) is 0. The fraction of sp³-hybridized carbons (Fsp3) is 0.429. The maximum absolute atomic E-state index is 13.5. The SMILES string of the molecule is Cc1cc2c(cc1Cl)c(C#N)c(C1N=CC=CN1[C@@H](C)C(F)(F)F)n2C1CCC1. The van der Waals surface area contributed by atoms with Gasteiger partial charge in [0.2, 0.25) is 0 Å². The van der Waals surface area contributed by atoms with Crippen molar-refractivity contribution < 1.29 is 13.2 Å². The molecule has 2 aromatic rings. The number of allylic oxidation sites excluding steroid dienone is 1. The van der Waals surface area contributed by atoms with Crippen molar-refractivity contribution >= 4 is 28.7 Å². The van der Waals surface area contributed by atoms with Gasteiger partial charge in [0.25, 0.3) is 0 Å². The molecule has 1 aromatic carbocycles. The molecular formula is C21H20ClF3N4. The zero-order chi connectivity index (χ0) is 20.9. The summed E-state index contributed by atoms with van der Waals surface area (Å²) in [5, 5.41) is 11.1. The number of nitrogens with zero attached hydrogens (tertiary/aromatic N) is 4. The van der Waals surface area contributed by atoms with Crippen LogP contribution in [-0.2, 0) is 0 Å². The third-order valence-corrected chi connectivity index (χ3v) is 6.30. The molecule has 1 aromatic heterocycles. The lowest BCUT2D eigenvalue weighted by Crippen LogP contribution is -2.43. The summed E-state index contributed by atoms with van der Waals surface area (Å²) >= 11 is 6.31. The maximum atomic E-state index is 13.5. The highest BCUT2D eigenvalue weighted by Crippen LogP contribution is 2.44. The third-order valence-electron chi connectivity index (χ3n) is 5.89. The summed E-state index contributed by atoms with van der Waals surface area (Å²) in [4.78, 5) is 5.55. The molecule has 0 radical (unpaired) electrons. The number of aliphatic imine (C=N–C) groups is 1. The Morgan fingerprint density at radius 3 is 2.62 bits per heavy atom. The maximum Gasteiger partial charge on any atom is 0.408 e. The summed E-state index contributed by atoms with van der Waals surface area (Å²) in [6.45, 7) is 2.99. The summed E-state index contributed by atoms with van der Waals surface area (Å²) in [5.41, 5.74) is 2.53. The van der Waals surface area contributed by atoms with E-state index in [1.807, 2.05) is 17.6 Å². The molecule has 0 bridgehead atoms. The molecule has 0 N–H and O–H groups in total. The minimum Gasteiger partial charge on any atom is -0.339 e. The number of halogens is 4. The molecule has 1 saturated carbocycles. The van der Waals surface area contributed by atoms with Crippen LogP contribution in [0.2, 0.25) is 5.02 Å². The molecule has 2 aliphatic rings. The first-order chi connectivity index (χ1) is 13.7. The number of benzene rings is 1. The summed E-state index contributed by atoms with van der Waals surface area (Å²) in [5.74, 6) is 0. The fourth-order valence-electron chi connectivity index (χ4n) is 4.01. The van der Waals surface area contributed by atoms with E-state index in [0.717, 1.165) is 37.3 Å². The van der Waals surface area contributed by atoms with Gasteiger partial charge in [-0.2, -0.15) is 18.4 Å². The summed E-state index contributed by atoms with van der Waals surface area (Å²) < 4.78 is 42.6. The van der Waals surface area contributed by atoms with Crippen LogP contribution in [0.5, 0.6) is 0 Å². The lowest BCUT2D eigenvalue weighted by molar-refractivity contribution is -0.177. The monoisotopic (exact) mass is 420 g/mol. The Morgan fingerprint density at radius 1 is 1.31 bits per heavy atom. The van der Waals surface area contributed by atoms with Crippen LogP contribution in [0.4, 0.5) is 13.2 Å². The van der Waals surface area contributed by atoms with Gasteiger partial charge in [-0.05, 0) is 56.9 Å². The van der Waals surface area contributed by atoms with Crippen LogP contribution in [0, 0.1) is 18.3 Å². The largest absolute Gasteiger partial charge is 0.408 e. The fourth-order valence-corrected chi connectivity index (χ4v) is 4.18. The van der Waals surface area contributed by atoms with Crippen LogP contribution in [0.3, 0.4) is 0 Å². The molecule has 1 aliphatic heterocycles. The second kappa shape index (κ2) is 7.10. The van der Waals surface area contributed by atoms with E-state index in [0.29, 0.717) is 21.7 Å². The molecule has 1 aliphatic carbocycles. The zero-order valence-corrected chi connectivity index (χ0v) is 16.8. The van der Waals surface area contributed by atoms with Crippen molar-refractivity contribution in [3.8, 4) is 6.07 Å². The van der Waals surface area contributed by atoms with Gasteiger partial charge in [-0.1, -0.05) is 11.6 Å². The Kier molecular flexibility index (Phi) is 4.86. The molecule has 4 nitrogen and oxygen atoms in total. The Balaban J connectivity index is 1.98. The Labute approximate surface area is 171 Å². The first kappa shape index (κ1) is 19.8. The number of rotatable bonds is 3. The van der Waals surface area contributed by atoms with Crippen molar-refractivity contribution in [2.24, 2.45) is 4.99 Å². The second-order valence-corrected chi connectivity index (χ2v) is 8.03. The molecule has 152 valence electrons. The normalized spacial score (nSPS) is 20.7. The highest BCUT2D eigenvalue weighted by atomic mass is 35.5. The van der Waals surface area contributed by atoms with Crippen molar-refractivity contribution in [3.63, 3.8) is 0 Å². The molecule has 4 rings (SSSR count). The first-order valence-electron chi connectivity index (χ1n) is 9.52. The van der Waals surface area contributed by atoms with Crippen LogP contribution in [0.25, 0.3) is 10.9 Å². The van der Waals surface area contributed by atoms with Gasteiger partial charge in [0.1, 0.15) is 12.1 Å². The van der Waals surface area contributed by atoms with E-state index >= 15 is 0 Å². The molecule has 0 amide bonds. The average Bonchev–Trinajstić information content (AvgIpc) is 2.92. The molecular weight excluding hydrogens is 401 g/mol. The molecule has 1 unspecified atom stereocenters. The van der Waals surface area contributed by atoms with Crippen molar-refractivity contribution in [1.29, 1.82) is 5.26 Å². The molecule has 1 fully saturated rings. The van der Waals surface area contributed by atoms with Gasteiger partial charge in [0, 0.05) is 28.9 Å². The minimum atomic E-state index is -4.42. The summed E-state index contributed by atoms with van der Waals surface area (Å²) in [6.07, 6.45) is 1.92. The predicted molar refractivity (Wildman–Crippen MR) is 107 cm³/mol. The summed E-state index contributed by atoms with van der Waals surface area (Å²) in [6, 6.07) is 4.27. The van der Waals surface area contributed by atoms with Gasteiger partial charge >= 0.3 is 6.18 Å². The Hall–Kier alpha value is -2.46. The van der Waals surface area contributed by atoms with Gasteiger partial charge in [-0.15, -0.1) is 0 Å². The zero-order valence-electron chi connectivity index (χ0n) is 16.0. The lowest BCUT2D eigenvalue weighted by Gasteiger charge is -2.38. The smallest absolute Gasteiger partial charge is 0.339 e. The van der Waals surface area contributed by atoms with Gasteiger partial charge in [-0.25, -0.2) is 0 Å². The topological polar surface area (TPSA) is 44.3 Å². The van der Waals surface area contributed by atoms with Crippen LogP contribution < -0.4 is 0 Å². The van der Waals surface area contributed by atoms with Gasteiger partial charge in [-0.3, -0.25) is 4.99 Å².